The minimum atomic E-state index is -0.703. The van der Waals surface area contributed by atoms with E-state index in [4.69, 9.17) is 0 Å². The third-order valence-corrected chi connectivity index (χ3v) is 6.19. The summed E-state index contributed by atoms with van der Waals surface area (Å²) in [5.74, 6) is 0. The molecule has 5 aromatic rings. The quantitative estimate of drug-likeness (QED) is 0.149. The molecular weight excluding hydrogens is 552 g/mol. The van der Waals surface area contributed by atoms with Crippen molar-refractivity contribution < 1.29 is 28.8 Å². The number of nitrogens with zero attached hydrogens (tertiary/aromatic N) is 8. The summed E-state index contributed by atoms with van der Waals surface area (Å²) in [6.45, 7) is 0. The van der Waals surface area contributed by atoms with E-state index in [0.29, 0.717) is 22.5 Å². The lowest BCUT2D eigenvalue weighted by atomic mass is 10.1. The van der Waals surface area contributed by atoms with Gasteiger partial charge < -0.3 is 0 Å². The molecular formula is C26H16N8O8+2. The first kappa shape index (κ1) is 27.0. The maximum Gasteiger partial charge on any atom is 0.347 e. The molecule has 0 atom stereocenters. The number of aromatic nitrogens is 4. The number of non-ortho nitro benzene ring substituents is 2. The maximum atomic E-state index is 11.5. The van der Waals surface area contributed by atoms with E-state index in [1.54, 1.807) is 49.1 Å². The van der Waals surface area contributed by atoms with E-state index in [1.807, 2.05) is 0 Å². The molecule has 16 heteroatoms. The average molecular weight is 568 g/mol. The van der Waals surface area contributed by atoms with Gasteiger partial charge in [0.2, 0.25) is 0 Å². The van der Waals surface area contributed by atoms with E-state index < -0.39 is 31.1 Å². The van der Waals surface area contributed by atoms with Crippen molar-refractivity contribution in [2.75, 3.05) is 0 Å². The Bertz CT molecular complexity index is 1740. The van der Waals surface area contributed by atoms with Crippen molar-refractivity contribution >= 4 is 22.7 Å². The molecule has 0 aliphatic rings. The topological polar surface area (TPSA) is 206 Å². The number of nitro benzene ring substituents is 4. The van der Waals surface area contributed by atoms with Crippen LogP contribution in [0.3, 0.4) is 0 Å². The predicted octanol–water partition coefficient (Wildman–Crippen LogP) is 4.00. The van der Waals surface area contributed by atoms with E-state index >= 15 is 0 Å². The third kappa shape index (κ3) is 5.30. The molecule has 0 saturated carbocycles. The maximum absolute atomic E-state index is 11.5. The summed E-state index contributed by atoms with van der Waals surface area (Å²) in [7, 11) is 0. The number of nitro groups is 4. The van der Waals surface area contributed by atoms with E-state index in [9.17, 15) is 40.5 Å². The highest BCUT2D eigenvalue weighted by Crippen LogP contribution is 2.27. The molecule has 2 aromatic carbocycles. The first-order valence-corrected chi connectivity index (χ1v) is 11.8. The van der Waals surface area contributed by atoms with Gasteiger partial charge in [0.25, 0.3) is 22.7 Å². The van der Waals surface area contributed by atoms with E-state index in [2.05, 4.69) is 9.97 Å². The Balaban J connectivity index is 1.37. The first-order valence-electron chi connectivity index (χ1n) is 11.8. The Morgan fingerprint density at radius 3 is 1.14 bits per heavy atom. The van der Waals surface area contributed by atoms with Gasteiger partial charge in [0.05, 0.1) is 43.5 Å². The summed E-state index contributed by atoms with van der Waals surface area (Å²) in [4.78, 5) is 51.0. The number of hydrogen-bond donors (Lipinski definition) is 0. The first-order chi connectivity index (χ1) is 20.1. The molecule has 0 spiro atoms. The van der Waals surface area contributed by atoms with Crippen LogP contribution in [0.4, 0.5) is 22.7 Å². The average Bonchev–Trinajstić information content (AvgIpc) is 3.00. The highest BCUT2D eigenvalue weighted by atomic mass is 16.6. The molecule has 0 bridgehead atoms. The smallest absolute Gasteiger partial charge is 0.258 e. The second kappa shape index (κ2) is 10.9. The molecule has 0 radical (unpaired) electrons. The van der Waals surface area contributed by atoms with E-state index in [-0.39, 0.29) is 22.7 Å². The molecule has 0 saturated heterocycles. The zero-order valence-electron chi connectivity index (χ0n) is 21.1. The zero-order chi connectivity index (χ0) is 30.0. The minimum absolute atomic E-state index is 0.152. The van der Waals surface area contributed by atoms with Gasteiger partial charge in [0, 0.05) is 59.7 Å². The van der Waals surface area contributed by atoms with Gasteiger partial charge in [0.1, 0.15) is 12.1 Å². The van der Waals surface area contributed by atoms with Crippen molar-refractivity contribution in [3.63, 3.8) is 0 Å². The van der Waals surface area contributed by atoms with Gasteiger partial charge in [-0.05, 0) is 0 Å². The third-order valence-electron chi connectivity index (χ3n) is 6.19. The Hall–Kier alpha value is -6.58. The summed E-state index contributed by atoms with van der Waals surface area (Å²) in [6.07, 6.45) is 9.31. The molecule has 0 amide bonds. The van der Waals surface area contributed by atoms with Gasteiger partial charge >= 0.3 is 11.4 Å². The van der Waals surface area contributed by atoms with Crippen LogP contribution in [0.15, 0.2) is 97.8 Å². The molecule has 3 aromatic heterocycles. The van der Waals surface area contributed by atoms with Crippen molar-refractivity contribution in [1.29, 1.82) is 0 Å². The minimum Gasteiger partial charge on any atom is -0.258 e. The number of hydrogen-bond acceptors (Lipinski definition) is 10. The highest BCUT2D eigenvalue weighted by Gasteiger charge is 2.27. The van der Waals surface area contributed by atoms with Gasteiger partial charge in [-0.15, -0.1) is 0 Å². The van der Waals surface area contributed by atoms with Crippen LogP contribution in [-0.4, -0.2) is 29.7 Å². The molecule has 0 aliphatic carbocycles. The summed E-state index contributed by atoms with van der Waals surface area (Å²) < 4.78 is 2.92. The number of pyridine rings is 2. The van der Waals surface area contributed by atoms with E-state index in [0.717, 1.165) is 12.1 Å². The van der Waals surface area contributed by atoms with Crippen molar-refractivity contribution in [2.45, 2.75) is 0 Å². The molecule has 16 nitrogen and oxygen atoms in total. The summed E-state index contributed by atoms with van der Waals surface area (Å²) in [5.41, 5.74) is 1.03. The molecule has 5 rings (SSSR count). The van der Waals surface area contributed by atoms with Gasteiger partial charge in [-0.2, -0.15) is 9.13 Å². The molecule has 0 N–H and O–H groups in total. The monoisotopic (exact) mass is 568 g/mol. The standard InChI is InChI=1S/C26H16N8O8/c35-31(36)19-1-3-23(25(13-19)33(39)40)29-9-5-17(6-10-29)21-15-28-22(16-27-21)18-7-11-30(12-8-18)24-4-2-20(32(37)38)14-26(24)34(41)42/h1-16H/q+2. The number of benzene rings is 2. The van der Waals surface area contributed by atoms with Gasteiger partial charge in [-0.25, -0.2) is 0 Å². The van der Waals surface area contributed by atoms with Crippen LogP contribution >= 0.6 is 0 Å². The van der Waals surface area contributed by atoms with Gasteiger partial charge in [0.15, 0.2) is 24.8 Å². The fourth-order valence-corrected chi connectivity index (χ4v) is 4.12. The van der Waals surface area contributed by atoms with Crippen LogP contribution < -0.4 is 9.13 Å². The summed E-state index contributed by atoms with van der Waals surface area (Å²) in [5, 5.41) is 44.9. The van der Waals surface area contributed by atoms with Crippen LogP contribution in [0.1, 0.15) is 0 Å². The molecule has 0 unspecified atom stereocenters. The highest BCUT2D eigenvalue weighted by molar-refractivity contribution is 5.62. The van der Waals surface area contributed by atoms with Crippen LogP contribution in [-0.2, 0) is 0 Å². The van der Waals surface area contributed by atoms with Crippen molar-refractivity contribution in [3.8, 4) is 33.9 Å². The second-order valence-corrected chi connectivity index (χ2v) is 8.65. The zero-order valence-corrected chi connectivity index (χ0v) is 21.1. The van der Waals surface area contributed by atoms with E-state index in [1.165, 1.54) is 45.8 Å². The molecule has 0 fully saturated rings. The van der Waals surface area contributed by atoms with Crippen molar-refractivity contribution in [1.82, 2.24) is 9.97 Å². The van der Waals surface area contributed by atoms with Crippen LogP contribution in [0, 0.1) is 40.5 Å². The second-order valence-electron chi connectivity index (χ2n) is 8.65. The SMILES string of the molecule is O=[N+]([O-])c1ccc(-[n+]2ccc(-c3cnc(-c4cc[n+](-c5ccc([N+](=O)[O-])cc5[N+](=O)[O-])cc4)cn3)cc2)c([N+](=O)[O-])c1. The molecule has 0 aliphatic heterocycles. The Kier molecular flexibility index (Phi) is 7.00. The Labute approximate surface area is 234 Å². The lowest BCUT2D eigenvalue weighted by Crippen LogP contribution is -2.30. The summed E-state index contributed by atoms with van der Waals surface area (Å²) >= 11 is 0. The van der Waals surface area contributed by atoms with Crippen molar-refractivity contribution in [3.05, 3.63) is 138 Å². The molecule has 42 heavy (non-hydrogen) atoms. The van der Waals surface area contributed by atoms with Gasteiger partial charge in [-0.3, -0.25) is 50.4 Å². The molecule has 206 valence electrons. The number of rotatable bonds is 8. The van der Waals surface area contributed by atoms with Crippen molar-refractivity contribution in [2.24, 2.45) is 0 Å². The summed E-state index contributed by atoms with van der Waals surface area (Å²) in [6, 6.07) is 13.4. The van der Waals surface area contributed by atoms with Crippen LogP contribution in [0.25, 0.3) is 33.9 Å². The Morgan fingerprint density at radius 2 is 0.857 bits per heavy atom. The normalized spacial score (nSPS) is 10.7. The predicted molar refractivity (Wildman–Crippen MR) is 143 cm³/mol. The van der Waals surface area contributed by atoms with Crippen LogP contribution in [0.2, 0.25) is 0 Å². The molecule has 3 heterocycles. The van der Waals surface area contributed by atoms with Crippen LogP contribution in [0.5, 0.6) is 0 Å². The lowest BCUT2D eigenvalue weighted by Gasteiger charge is -2.04. The Morgan fingerprint density at radius 1 is 0.500 bits per heavy atom. The fraction of sp³-hybridized carbons (Fsp3) is 0. The largest absolute Gasteiger partial charge is 0.347 e. The lowest BCUT2D eigenvalue weighted by molar-refractivity contribution is -0.601. The fourth-order valence-electron chi connectivity index (χ4n) is 4.12. The van der Waals surface area contributed by atoms with Gasteiger partial charge in [-0.1, -0.05) is 0 Å².